The average Bonchev–Trinajstić information content (AvgIpc) is 2.16. The molecule has 1 aromatic carbocycles. The molecule has 16 heavy (non-hydrogen) atoms. The standard InChI is InChI=1S/C12H18ClFNP/c1-9(7-15(2)8-12(14)16)10-4-3-5-11(13)6-10/h3-6,9,12H,7-8,16H2,1-2H3. The molecule has 0 saturated heterocycles. The second-order valence-corrected chi connectivity index (χ2v) is 5.35. The van der Waals surface area contributed by atoms with Crippen molar-refractivity contribution < 1.29 is 4.39 Å². The van der Waals surface area contributed by atoms with E-state index in [1.165, 1.54) is 5.56 Å². The highest BCUT2D eigenvalue weighted by Crippen LogP contribution is 2.20. The predicted octanol–water partition coefficient (Wildman–Crippen LogP) is 3.55. The lowest BCUT2D eigenvalue weighted by Gasteiger charge is -2.22. The summed E-state index contributed by atoms with van der Waals surface area (Å²) in [6, 6.07) is 7.83. The van der Waals surface area contributed by atoms with Crippen LogP contribution in [-0.4, -0.2) is 30.9 Å². The Bertz CT molecular complexity index is 333. The fourth-order valence-corrected chi connectivity index (χ4v) is 2.32. The van der Waals surface area contributed by atoms with Crippen LogP contribution in [0.3, 0.4) is 0 Å². The fourth-order valence-electron chi connectivity index (χ4n) is 1.76. The van der Waals surface area contributed by atoms with Crippen LogP contribution in [0, 0.1) is 0 Å². The highest BCUT2D eigenvalue weighted by molar-refractivity contribution is 7.17. The van der Waals surface area contributed by atoms with Crippen LogP contribution in [0.5, 0.6) is 0 Å². The second-order valence-electron chi connectivity index (χ2n) is 4.19. The zero-order chi connectivity index (χ0) is 12.1. The van der Waals surface area contributed by atoms with Crippen LogP contribution in [0.25, 0.3) is 0 Å². The van der Waals surface area contributed by atoms with Crippen LogP contribution >= 0.6 is 20.8 Å². The highest BCUT2D eigenvalue weighted by Gasteiger charge is 2.11. The molecule has 0 radical (unpaired) electrons. The number of alkyl halides is 1. The molecule has 0 spiro atoms. The van der Waals surface area contributed by atoms with Crippen molar-refractivity contribution in [3.8, 4) is 0 Å². The molecule has 3 unspecified atom stereocenters. The lowest BCUT2D eigenvalue weighted by Crippen LogP contribution is -2.27. The Labute approximate surface area is 104 Å². The predicted molar refractivity (Wildman–Crippen MR) is 72.0 cm³/mol. The minimum absolute atomic E-state index is 0.354. The van der Waals surface area contributed by atoms with Gasteiger partial charge in [-0.15, -0.1) is 0 Å². The summed E-state index contributed by atoms with van der Waals surface area (Å²) in [7, 11) is 4.10. The summed E-state index contributed by atoms with van der Waals surface area (Å²) < 4.78 is 12.8. The summed E-state index contributed by atoms with van der Waals surface area (Å²) in [5.41, 5.74) is 1.19. The molecule has 0 aliphatic rings. The molecule has 1 aromatic rings. The lowest BCUT2D eigenvalue weighted by molar-refractivity contribution is 0.266. The van der Waals surface area contributed by atoms with Gasteiger partial charge in [-0.3, -0.25) is 0 Å². The van der Waals surface area contributed by atoms with E-state index in [1.54, 1.807) is 0 Å². The molecule has 0 aliphatic heterocycles. The highest BCUT2D eigenvalue weighted by atomic mass is 35.5. The molecule has 0 bridgehead atoms. The van der Waals surface area contributed by atoms with Gasteiger partial charge >= 0.3 is 0 Å². The normalized spacial score (nSPS) is 15.1. The van der Waals surface area contributed by atoms with E-state index in [1.807, 2.05) is 30.1 Å². The summed E-state index contributed by atoms with van der Waals surface area (Å²) in [6.45, 7) is 3.39. The van der Waals surface area contributed by atoms with Gasteiger partial charge in [0.15, 0.2) is 0 Å². The van der Waals surface area contributed by atoms with Crippen molar-refractivity contribution in [1.29, 1.82) is 0 Å². The van der Waals surface area contributed by atoms with Gasteiger partial charge in [0.25, 0.3) is 0 Å². The van der Waals surface area contributed by atoms with Crippen molar-refractivity contribution in [1.82, 2.24) is 4.90 Å². The maximum absolute atomic E-state index is 12.8. The number of hydrogen-bond acceptors (Lipinski definition) is 1. The van der Waals surface area contributed by atoms with E-state index >= 15 is 0 Å². The number of nitrogens with zero attached hydrogens (tertiary/aromatic N) is 1. The van der Waals surface area contributed by atoms with E-state index in [4.69, 9.17) is 11.6 Å². The van der Waals surface area contributed by atoms with E-state index in [-0.39, 0.29) is 0 Å². The number of halogens is 2. The Hall–Kier alpha value is -0.170. The second kappa shape index (κ2) is 6.54. The molecule has 0 saturated carbocycles. The Kier molecular flexibility index (Phi) is 5.68. The minimum Gasteiger partial charge on any atom is -0.303 e. The van der Waals surface area contributed by atoms with Gasteiger partial charge in [-0.05, 0) is 30.7 Å². The molecule has 0 aliphatic carbocycles. The van der Waals surface area contributed by atoms with Crippen LogP contribution in [0.1, 0.15) is 18.4 Å². The SMILES string of the molecule is CC(CN(C)CC(F)P)c1cccc(Cl)c1. The maximum Gasteiger partial charge on any atom is 0.126 e. The van der Waals surface area contributed by atoms with E-state index < -0.39 is 5.91 Å². The van der Waals surface area contributed by atoms with Crippen molar-refractivity contribution in [3.63, 3.8) is 0 Å². The van der Waals surface area contributed by atoms with Crippen LogP contribution in [0.15, 0.2) is 24.3 Å². The number of benzene rings is 1. The number of rotatable bonds is 5. The van der Waals surface area contributed by atoms with E-state index in [2.05, 4.69) is 22.2 Å². The third kappa shape index (κ3) is 4.78. The number of hydrogen-bond donors (Lipinski definition) is 0. The lowest BCUT2D eigenvalue weighted by atomic mass is 10.0. The molecule has 0 fully saturated rings. The van der Waals surface area contributed by atoms with Crippen LogP contribution in [0.4, 0.5) is 4.39 Å². The number of likely N-dealkylation sites (N-methyl/N-ethyl adjacent to an activating group) is 1. The summed E-state index contributed by atoms with van der Waals surface area (Å²) in [4.78, 5) is 1.99. The molecule has 0 amide bonds. The molecule has 4 heteroatoms. The van der Waals surface area contributed by atoms with Crippen molar-refractivity contribution in [2.24, 2.45) is 0 Å². The Morgan fingerprint density at radius 2 is 2.12 bits per heavy atom. The van der Waals surface area contributed by atoms with Gasteiger partial charge in [-0.1, -0.05) is 39.9 Å². The van der Waals surface area contributed by atoms with Gasteiger partial charge in [0, 0.05) is 18.1 Å². The van der Waals surface area contributed by atoms with Crippen molar-refractivity contribution >= 4 is 20.8 Å². The molecule has 0 N–H and O–H groups in total. The first-order valence-electron chi connectivity index (χ1n) is 5.32. The molecule has 1 rings (SSSR count). The first-order chi connectivity index (χ1) is 7.49. The smallest absolute Gasteiger partial charge is 0.126 e. The zero-order valence-corrected chi connectivity index (χ0v) is 11.6. The average molecular weight is 262 g/mol. The molecular weight excluding hydrogens is 244 g/mol. The third-order valence-corrected chi connectivity index (χ3v) is 2.94. The van der Waals surface area contributed by atoms with Gasteiger partial charge in [0.2, 0.25) is 0 Å². The first kappa shape index (κ1) is 13.9. The first-order valence-corrected chi connectivity index (χ1v) is 6.37. The summed E-state index contributed by atoms with van der Waals surface area (Å²) in [5, 5.41) is 0.751. The van der Waals surface area contributed by atoms with Gasteiger partial charge in [0.05, 0.1) is 0 Å². The van der Waals surface area contributed by atoms with Gasteiger partial charge in [0.1, 0.15) is 5.91 Å². The van der Waals surface area contributed by atoms with Gasteiger partial charge in [-0.2, -0.15) is 0 Å². The molecule has 3 atom stereocenters. The molecule has 1 nitrogen and oxygen atoms in total. The largest absolute Gasteiger partial charge is 0.303 e. The Morgan fingerprint density at radius 3 is 2.69 bits per heavy atom. The van der Waals surface area contributed by atoms with Crippen LogP contribution < -0.4 is 0 Å². The summed E-state index contributed by atoms with van der Waals surface area (Å²) in [5.74, 6) is -0.510. The van der Waals surface area contributed by atoms with E-state index in [0.717, 1.165) is 11.6 Å². The van der Waals surface area contributed by atoms with E-state index in [9.17, 15) is 4.39 Å². The maximum atomic E-state index is 12.8. The topological polar surface area (TPSA) is 3.24 Å². The molecule has 0 heterocycles. The monoisotopic (exact) mass is 261 g/mol. The van der Waals surface area contributed by atoms with E-state index in [0.29, 0.717) is 12.5 Å². The van der Waals surface area contributed by atoms with Crippen LogP contribution in [-0.2, 0) is 0 Å². The molecule has 90 valence electrons. The molecule has 0 aromatic heterocycles. The van der Waals surface area contributed by atoms with Gasteiger partial charge < -0.3 is 4.90 Å². The summed E-state index contributed by atoms with van der Waals surface area (Å²) in [6.07, 6.45) is 0. The van der Waals surface area contributed by atoms with Crippen molar-refractivity contribution in [2.45, 2.75) is 18.8 Å². The zero-order valence-electron chi connectivity index (χ0n) is 9.66. The Balaban J connectivity index is 2.55. The third-order valence-electron chi connectivity index (χ3n) is 2.49. The fraction of sp³-hybridized carbons (Fsp3) is 0.500. The van der Waals surface area contributed by atoms with Crippen molar-refractivity contribution in [2.75, 3.05) is 20.1 Å². The molecular formula is C12H18ClFNP. The minimum atomic E-state index is -0.864. The van der Waals surface area contributed by atoms with Gasteiger partial charge in [-0.25, -0.2) is 4.39 Å². The quantitative estimate of drug-likeness (QED) is 0.733. The van der Waals surface area contributed by atoms with Crippen molar-refractivity contribution in [3.05, 3.63) is 34.9 Å². The van der Waals surface area contributed by atoms with Crippen LogP contribution in [0.2, 0.25) is 5.02 Å². The summed E-state index contributed by atoms with van der Waals surface area (Å²) >= 11 is 5.93. The Morgan fingerprint density at radius 1 is 1.44 bits per heavy atom.